The molecule has 2 heterocycles. The highest BCUT2D eigenvalue weighted by Gasteiger charge is 2.59. The summed E-state index contributed by atoms with van der Waals surface area (Å²) in [4.78, 5) is 61.9. The van der Waals surface area contributed by atoms with E-state index in [4.69, 9.17) is 0 Å². The molecule has 0 radical (unpaired) electrons. The maximum absolute atomic E-state index is 14.0. The number of nitrogens with one attached hydrogen (secondary N) is 13. The number of amides is 1. The van der Waals surface area contributed by atoms with Crippen LogP contribution in [0.2, 0.25) is 0 Å². The van der Waals surface area contributed by atoms with Crippen molar-refractivity contribution >= 4 is 71.8 Å². The Morgan fingerprint density at radius 3 is 1.03 bits per heavy atom. The number of aliphatic hydroxyl groups excluding tert-OH is 4. The van der Waals surface area contributed by atoms with E-state index in [0.29, 0.717) is 51.4 Å². The Morgan fingerprint density at radius 2 is 0.705 bits per heavy atom. The van der Waals surface area contributed by atoms with Gasteiger partial charge in [0, 0.05) is 61.1 Å². The summed E-state index contributed by atoms with van der Waals surface area (Å²) in [5.74, 6) is -13.2. The molecule has 8 saturated carbocycles. The van der Waals surface area contributed by atoms with Crippen LogP contribution in [0.4, 0.5) is 0 Å². The van der Waals surface area contributed by atoms with Gasteiger partial charge in [-0.3, -0.25) is 96.9 Å². The van der Waals surface area contributed by atoms with Crippen LogP contribution in [0.25, 0.3) is 0 Å². The van der Waals surface area contributed by atoms with E-state index in [9.17, 15) is 118 Å². The number of aliphatic carboxylic acids is 4. The smallest absolute Gasteiger partial charge is 0.306 e. The average molecular weight is 1580 g/mol. The molecule has 46 heteroatoms. The van der Waals surface area contributed by atoms with Gasteiger partial charge < -0.3 is 73.5 Å². The number of rotatable bonds is 28. The van der Waals surface area contributed by atoms with Crippen LogP contribution in [0.5, 0.6) is 0 Å². The summed E-state index contributed by atoms with van der Waals surface area (Å²) < 4.78 is 137. The molecule has 24 unspecified atom stereocenters. The van der Waals surface area contributed by atoms with Crippen molar-refractivity contribution in [2.24, 2.45) is 73.7 Å². The number of carboxylic acid groups (broad SMARTS) is 4. The SMILES string of the molecule is O=C(O)C1CC(N=NC2C(O)C3C(CC2S(O)(O)O)CC(S(=O)(=O)O)CC3NC2NC(NCCO)NC(NC3CCC(NC(=O)C4CCC(NC5NC(NCCO)NC(NC6CC(S(=O)(=O)O)CC7CC(S(O)(O)O)C(N=NC8CC(C(=O)O)CC(C(=O)O)C8)C(O)C76)N5)CC4)CC3)N2)CC(C(=O)O)C1. The fraction of sp³-hybridized carbons (Fsp3) is 0.915. The summed E-state index contributed by atoms with van der Waals surface area (Å²) in [5.41, 5.74) is 0. The van der Waals surface area contributed by atoms with Gasteiger partial charge in [-0.15, -0.1) is 0 Å². The highest BCUT2D eigenvalue weighted by Crippen LogP contribution is 2.56. The van der Waals surface area contributed by atoms with E-state index in [-0.39, 0.29) is 133 Å². The third kappa shape index (κ3) is 21.9. The molecule has 10 aliphatic rings. The molecule has 105 heavy (non-hydrogen) atoms. The summed E-state index contributed by atoms with van der Waals surface area (Å²) in [6, 6.07) is -7.31. The fourth-order valence-electron chi connectivity index (χ4n) is 18.2. The maximum atomic E-state index is 14.0. The van der Waals surface area contributed by atoms with Gasteiger partial charge in [0.05, 0.1) is 104 Å². The fourth-order valence-corrected chi connectivity index (χ4v) is 22.3. The van der Waals surface area contributed by atoms with E-state index in [1.54, 1.807) is 0 Å². The maximum Gasteiger partial charge on any atom is 0.306 e. The highest BCUT2D eigenvalue weighted by atomic mass is 32.3. The molecule has 0 aromatic heterocycles. The molecule has 2 saturated heterocycles. The Balaban J connectivity index is 0.732. The summed E-state index contributed by atoms with van der Waals surface area (Å²) in [6.45, 7) is -0.237. The van der Waals surface area contributed by atoms with Crippen molar-refractivity contribution in [1.29, 1.82) is 0 Å². The van der Waals surface area contributed by atoms with Gasteiger partial charge in [0.15, 0.2) is 0 Å². The molecule has 0 bridgehead atoms. The molecule has 0 spiro atoms. The average Bonchev–Trinajstić information content (AvgIpc) is 0.751. The van der Waals surface area contributed by atoms with Crippen LogP contribution >= 0.6 is 21.7 Å². The number of carbonyl (C=O) groups is 5. The Bertz CT molecular complexity index is 3230. The molecule has 0 aromatic rings. The molecule has 1 amide bonds. The second kappa shape index (κ2) is 35.7. The number of hydrogen-bond donors (Lipinski definition) is 29. The van der Waals surface area contributed by atoms with Gasteiger partial charge in [0.1, 0.15) is 49.8 Å². The Kier molecular flexibility index (Phi) is 28.4. The zero-order valence-corrected chi connectivity index (χ0v) is 60.8. The molecule has 29 N–H and O–H groups in total. The number of fused-ring (bicyclic) bond motifs is 2. The minimum Gasteiger partial charge on any atom is -0.481 e. The first kappa shape index (κ1) is 83.7. The molecule has 0 aromatic carbocycles. The van der Waals surface area contributed by atoms with Crippen molar-refractivity contribution < 1.29 is 118 Å². The third-order valence-electron chi connectivity index (χ3n) is 23.3. The molecule has 24 atom stereocenters. The monoisotopic (exact) mass is 1580 g/mol. The Labute approximate surface area is 609 Å². The first-order chi connectivity index (χ1) is 49.4. The van der Waals surface area contributed by atoms with E-state index in [1.165, 1.54) is 0 Å². The normalized spacial score (nSPS) is 42.2. The molecule has 42 nitrogen and oxygen atoms in total. The highest BCUT2D eigenvalue weighted by molar-refractivity contribution is 8.20. The minimum atomic E-state index is -4.74. The molecule has 10 fully saturated rings. The van der Waals surface area contributed by atoms with Gasteiger partial charge in [-0.1, -0.05) is 0 Å². The number of carbonyl (C=O) groups excluding carboxylic acids is 1. The van der Waals surface area contributed by atoms with E-state index in [1.807, 2.05) is 0 Å². The number of azo groups is 2. The summed E-state index contributed by atoms with van der Waals surface area (Å²) in [5, 5.41) is 137. The van der Waals surface area contributed by atoms with Gasteiger partial charge in [0.25, 0.3) is 20.2 Å². The molecule has 8 aliphatic carbocycles. The lowest BCUT2D eigenvalue weighted by Crippen LogP contribution is -2.79. The topological polar surface area (TPSA) is 683 Å². The van der Waals surface area contributed by atoms with Crippen LogP contribution in [0.1, 0.15) is 128 Å². The van der Waals surface area contributed by atoms with Crippen molar-refractivity contribution in [3.8, 4) is 0 Å². The van der Waals surface area contributed by atoms with E-state index in [2.05, 4.69) is 89.6 Å². The predicted octanol–water partition coefficient (Wildman–Crippen LogP) is -2.67. The number of nitrogens with zero attached hydrogens (tertiary/aromatic N) is 4. The lowest BCUT2D eigenvalue weighted by atomic mass is 9.65. The minimum absolute atomic E-state index is 0.0923. The van der Waals surface area contributed by atoms with Gasteiger partial charge in [0.2, 0.25) is 5.91 Å². The van der Waals surface area contributed by atoms with Crippen molar-refractivity contribution in [3.05, 3.63) is 0 Å². The summed E-state index contributed by atoms with van der Waals surface area (Å²) in [6.07, 6.45) is -5.43. The van der Waals surface area contributed by atoms with Crippen LogP contribution < -0.4 is 69.1 Å². The van der Waals surface area contributed by atoms with Crippen molar-refractivity contribution in [2.75, 3.05) is 26.3 Å². The molecular formula is C59H107N17O25S4. The second-order valence-corrected chi connectivity index (χ2v) is 37.1. The summed E-state index contributed by atoms with van der Waals surface area (Å²) in [7, 11) is -18.5. The van der Waals surface area contributed by atoms with Crippen molar-refractivity contribution in [3.63, 3.8) is 0 Å². The van der Waals surface area contributed by atoms with Crippen LogP contribution in [0.15, 0.2) is 20.5 Å². The zero-order chi connectivity index (χ0) is 76.2. The van der Waals surface area contributed by atoms with Crippen LogP contribution in [0.3, 0.4) is 0 Å². The predicted molar refractivity (Wildman–Crippen MR) is 372 cm³/mol. The Hall–Kier alpha value is -3.81. The first-order valence-corrected chi connectivity index (χ1v) is 42.1. The van der Waals surface area contributed by atoms with E-state index >= 15 is 0 Å². The van der Waals surface area contributed by atoms with E-state index < -0.39 is 220 Å². The van der Waals surface area contributed by atoms with Gasteiger partial charge >= 0.3 is 23.9 Å². The lowest BCUT2D eigenvalue weighted by Gasteiger charge is -2.53. The van der Waals surface area contributed by atoms with Gasteiger partial charge in [-0.05, 0) is 140 Å². The Morgan fingerprint density at radius 1 is 0.381 bits per heavy atom. The van der Waals surface area contributed by atoms with Crippen molar-refractivity contribution in [1.82, 2.24) is 69.1 Å². The molecule has 10 rings (SSSR count). The quantitative estimate of drug-likeness (QED) is 0.0280. The van der Waals surface area contributed by atoms with Gasteiger partial charge in [-0.2, -0.15) is 37.3 Å². The summed E-state index contributed by atoms with van der Waals surface area (Å²) >= 11 is 0. The largest absolute Gasteiger partial charge is 0.481 e. The second-order valence-electron chi connectivity index (χ2n) is 30.3. The van der Waals surface area contributed by atoms with Gasteiger partial charge in [-0.25, -0.2) is 0 Å². The first-order valence-electron chi connectivity index (χ1n) is 36.0. The molecule has 602 valence electrons. The number of carboxylic acids is 4. The zero-order valence-electron chi connectivity index (χ0n) is 57.5. The van der Waals surface area contributed by atoms with E-state index in [0.717, 1.165) is 0 Å². The van der Waals surface area contributed by atoms with Crippen LogP contribution in [0, 0.1) is 53.3 Å². The molecular weight excluding hydrogens is 1480 g/mol. The third-order valence-corrected chi connectivity index (χ3v) is 28.3. The number of hydrogen-bond acceptors (Lipinski definition) is 35. The molecule has 2 aliphatic heterocycles. The van der Waals surface area contributed by atoms with Crippen LogP contribution in [-0.2, 0) is 44.2 Å². The van der Waals surface area contributed by atoms with Crippen LogP contribution in [-0.4, -0.2) is 276 Å². The standard InChI is InChI=1S/C59H107N17O25S4/c77-11-9-60-54-67-56(71-58(69-54)65-39-23-37(102(90,91)92)19-26-21-41(104(96,97)98)45(47(79)43(26)39)75-73-35-15-28(50(82)83)13-29(16-35)51(84)85)63-33-3-1-25(2-4-33)49(81)62-32-5-7-34(8-6-32)64-57-68-55(61-10-12-78)70-59(72-57)66-40-24-38(103(93,94)95)20-27-22-42(105(99,100)101)46(48(80)44(27)40)76-74-36-17-30(52(86)87)14-31(18-36)53(88)89/h25-48,54-61,63-72,77-80,96-101H,1-24H2,(H,62,81)(H,82,83)(H,84,85)(H,86,87)(H,88,89)(H,90,91,92)(H,93,94,95). The van der Waals surface area contributed by atoms with Crippen molar-refractivity contribution in [2.45, 2.75) is 254 Å². The lowest BCUT2D eigenvalue weighted by molar-refractivity contribution is -0.150. The number of aliphatic hydroxyl groups is 4.